The van der Waals surface area contributed by atoms with Gasteiger partial charge in [0.15, 0.2) is 0 Å². The molecule has 4 fully saturated rings. The summed E-state index contributed by atoms with van der Waals surface area (Å²) in [6, 6.07) is 0. The molecule has 0 saturated heterocycles. The van der Waals surface area contributed by atoms with Crippen LogP contribution in [0.4, 0.5) is 13.2 Å². The molecular weight excluding hydrogens is 476 g/mol. The van der Waals surface area contributed by atoms with Crippen LogP contribution in [0.5, 0.6) is 0 Å². The molecule has 9 unspecified atom stereocenters. The first-order valence-corrected chi connectivity index (χ1v) is 12.7. The SMILES string of the molecule is COCC(I)CC1CCC2C3CCC4CC(C(F)(F)F)CCC4C3CCC12C. The van der Waals surface area contributed by atoms with Crippen LogP contribution in [-0.2, 0) is 4.74 Å². The molecule has 4 saturated carbocycles. The lowest BCUT2D eigenvalue weighted by Gasteiger charge is -2.56. The van der Waals surface area contributed by atoms with Crippen LogP contribution in [0.3, 0.4) is 0 Å². The van der Waals surface area contributed by atoms with Gasteiger partial charge in [-0.3, -0.25) is 0 Å². The summed E-state index contributed by atoms with van der Waals surface area (Å²) in [5.41, 5.74) is 0.453. The van der Waals surface area contributed by atoms with Gasteiger partial charge in [0.05, 0.1) is 12.5 Å². The summed E-state index contributed by atoms with van der Waals surface area (Å²) in [6.07, 6.45) is 6.40. The van der Waals surface area contributed by atoms with Gasteiger partial charge < -0.3 is 4.74 Å². The Kier molecular flexibility index (Phi) is 6.35. The predicted molar refractivity (Wildman–Crippen MR) is 114 cm³/mol. The molecule has 0 aromatic carbocycles. The number of hydrogen-bond acceptors (Lipinski definition) is 1. The molecule has 4 aliphatic carbocycles. The Bertz CT molecular complexity index is 552. The minimum atomic E-state index is -3.98. The van der Waals surface area contributed by atoms with Crippen LogP contribution >= 0.6 is 22.6 Å². The van der Waals surface area contributed by atoms with E-state index >= 15 is 0 Å². The molecule has 1 nitrogen and oxygen atoms in total. The molecule has 4 aliphatic rings. The minimum absolute atomic E-state index is 0.337. The van der Waals surface area contributed by atoms with Crippen LogP contribution in [0.2, 0.25) is 0 Å². The second-order valence-corrected chi connectivity index (χ2v) is 12.4. The first-order chi connectivity index (χ1) is 13.2. The molecule has 0 aliphatic heterocycles. The summed E-state index contributed by atoms with van der Waals surface area (Å²) in [5, 5.41) is 0. The van der Waals surface area contributed by atoms with Crippen molar-refractivity contribution in [3.05, 3.63) is 0 Å². The number of rotatable bonds is 4. The quantitative estimate of drug-likeness (QED) is 0.284. The van der Waals surface area contributed by atoms with Crippen molar-refractivity contribution in [1.82, 2.24) is 0 Å². The van der Waals surface area contributed by atoms with Crippen molar-refractivity contribution in [1.29, 1.82) is 0 Å². The normalized spacial score (nSPS) is 47.1. The minimum Gasteiger partial charge on any atom is -0.384 e. The standard InChI is InChI=1S/C23H36F3IO/c1-22-10-9-19-18-7-4-16(23(24,25)26)11-14(18)3-6-20(19)21(22)8-5-15(22)12-17(27)13-28-2/h14-21H,3-13H2,1-2H3. The predicted octanol–water partition coefficient (Wildman–Crippen LogP) is 7.27. The number of alkyl halides is 4. The molecule has 4 rings (SSSR count). The summed E-state index contributed by atoms with van der Waals surface area (Å²) < 4.78 is 45.7. The van der Waals surface area contributed by atoms with Gasteiger partial charge in [-0.15, -0.1) is 0 Å². The molecule has 0 aromatic rings. The Morgan fingerprint density at radius 3 is 2.46 bits per heavy atom. The lowest BCUT2D eigenvalue weighted by Crippen LogP contribution is -2.49. The highest BCUT2D eigenvalue weighted by molar-refractivity contribution is 14.1. The summed E-state index contributed by atoms with van der Waals surface area (Å²) in [6.45, 7) is 3.39. The maximum atomic E-state index is 13.3. The van der Waals surface area contributed by atoms with E-state index in [1.807, 2.05) is 0 Å². The lowest BCUT2D eigenvalue weighted by atomic mass is 9.49. The molecule has 0 heterocycles. The zero-order valence-electron chi connectivity index (χ0n) is 17.3. The van der Waals surface area contributed by atoms with E-state index in [0.29, 0.717) is 39.9 Å². The summed E-state index contributed by atoms with van der Waals surface area (Å²) >= 11 is 2.55. The summed E-state index contributed by atoms with van der Waals surface area (Å²) in [5.74, 6) is 2.98. The molecule has 5 heteroatoms. The third-order valence-corrected chi connectivity index (χ3v) is 10.4. The Labute approximate surface area is 182 Å². The first-order valence-electron chi connectivity index (χ1n) is 11.4. The van der Waals surface area contributed by atoms with Crippen molar-refractivity contribution in [2.45, 2.75) is 81.2 Å². The van der Waals surface area contributed by atoms with Gasteiger partial charge in [-0.05, 0) is 105 Å². The van der Waals surface area contributed by atoms with E-state index in [0.717, 1.165) is 37.2 Å². The van der Waals surface area contributed by atoms with Gasteiger partial charge in [0, 0.05) is 11.0 Å². The fourth-order valence-corrected chi connectivity index (χ4v) is 9.18. The molecule has 162 valence electrons. The zero-order chi connectivity index (χ0) is 20.1. The highest BCUT2D eigenvalue weighted by atomic mass is 127. The van der Waals surface area contributed by atoms with E-state index in [2.05, 4.69) is 29.5 Å². The number of halogens is 4. The van der Waals surface area contributed by atoms with Crippen LogP contribution < -0.4 is 0 Å². The van der Waals surface area contributed by atoms with E-state index in [4.69, 9.17) is 4.74 Å². The highest BCUT2D eigenvalue weighted by Gasteiger charge is 2.57. The van der Waals surface area contributed by atoms with Gasteiger partial charge >= 0.3 is 6.18 Å². The second kappa shape index (κ2) is 8.20. The maximum absolute atomic E-state index is 13.3. The van der Waals surface area contributed by atoms with Gasteiger partial charge in [0.25, 0.3) is 0 Å². The lowest BCUT2D eigenvalue weighted by molar-refractivity contribution is -0.196. The number of fused-ring (bicyclic) bond motifs is 5. The van der Waals surface area contributed by atoms with E-state index in [9.17, 15) is 13.2 Å². The van der Waals surface area contributed by atoms with Crippen molar-refractivity contribution in [3.63, 3.8) is 0 Å². The van der Waals surface area contributed by atoms with Crippen molar-refractivity contribution >= 4 is 22.6 Å². The van der Waals surface area contributed by atoms with Gasteiger partial charge in [-0.25, -0.2) is 0 Å². The van der Waals surface area contributed by atoms with E-state index in [1.165, 1.54) is 38.5 Å². The molecule has 0 radical (unpaired) electrons. The second-order valence-electron chi connectivity index (χ2n) is 10.6. The van der Waals surface area contributed by atoms with Gasteiger partial charge in [-0.2, -0.15) is 13.2 Å². The number of methoxy groups -OCH3 is 1. The average molecular weight is 512 g/mol. The van der Waals surface area contributed by atoms with E-state index in [1.54, 1.807) is 7.11 Å². The maximum Gasteiger partial charge on any atom is 0.391 e. The molecule has 9 atom stereocenters. The number of hydrogen-bond donors (Lipinski definition) is 0. The molecule has 0 N–H and O–H groups in total. The first kappa shape index (κ1) is 21.7. The van der Waals surface area contributed by atoms with Crippen LogP contribution in [0.25, 0.3) is 0 Å². The van der Waals surface area contributed by atoms with E-state index in [-0.39, 0.29) is 0 Å². The topological polar surface area (TPSA) is 9.23 Å². The Morgan fingerprint density at radius 2 is 1.75 bits per heavy atom. The monoisotopic (exact) mass is 512 g/mol. The van der Waals surface area contributed by atoms with Crippen LogP contribution in [0, 0.1) is 46.8 Å². The third kappa shape index (κ3) is 3.89. The van der Waals surface area contributed by atoms with Crippen LogP contribution in [0.15, 0.2) is 0 Å². The average Bonchev–Trinajstić information content (AvgIpc) is 2.97. The Morgan fingerprint density at radius 1 is 1.00 bits per heavy atom. The summed E-state index contributed by atoms with van der Waals surface area (Å²) in [7, 11) is 1.79. The largest absolute Gasteiger partial charge is 0.391 e. The molecular formula is C23H36F3IO. The molecule has 0 bridgehead atoms. The third-order valence-electron chi connectivity index (χ3n) is 9.50. The van der Waals surface area contributed by atoms with Gasteiger partial charge in [-0.1, -0.05) is 29.5 Å². The van der Waals surface area contributed by atoms with Crippen molar-refractivity contribution in [2.24, 2.45) is 46.8 Å². The van der Waals surface area contributed by atoms with Crippen LogP contribution in [-0.4, -0.2) is 23.8 Å². The highest BCUT2D eigenvalue weighted by Crippen LogP contribution is 2.65. The fraction of sp³-hybridized carbons (Fsp3) is 1.00. The van der Waals surface area contributed by atoms with Gasteiger partial charge in [0.1, 0.15) is 0 Å². The van der Waals surface area contributed by atoms with Crippen molar-refractivity contribution in [2.75, 3.05) is 13.7 Å². The van der Waals surface area contributed by atoms with Crippen molar-refractivity contribution in [3.8, 4) is 0 Å². The number of ether oxygens (including phenoxy) is 1. The molecule has 0 amide bonds. The van der Waals surface area contributed by atoms with Crippen LogP contribution in [0.1, 0.15) is 71.1 Å². The molecule has 0 aromatic heterocycles. The molecule has 0 spiro atoms. The molecule has 28 heavy (non-hydrogen) atoms. The van der Waals surface area contributed by atoms with Gasteiger partial charge in [0.2, 0.25) is 0 Å². The zero-order valence-corrected chi connectivity index (χ0v) is 19.5. The van der Waals surface area contributed by atoms with Crippen molar-refractivity contribution < 1.29 is 17.9 Å². The summed E-state index contributed by atoms with van der Waals surface area (Å²) in [4.78, 5) is 0. The Hall–Kier alpha value is 0.480. The Balaban J connectivity index is 1.44. The smallest absolute Gasteiger partial charge is 0.384 e. The fourth-order valence-electron chi connectivity index (χ4n) is 8.20. The van der Waals surface area contributed by atoms with E-state index < -0.39 is 12.1 Å².